The molecule has 3 aliphatic heterocycles. The van der Waals surface area contributed by atoms with Crippen molar-refractivity contribution in [2.75, 3.05) is 9.71 Å². The Balaban J connectivity index is 1.25. The third-order valence-electron chi connectivity index (χ3n) is 14.3. The summed E-state index contributed by atoms with van der Waals surface area (Å²) in [6, 6.07) is 59.6. The number of hydrogen-bond donors (Lipinski definition) is 0. The average molecular weight is 737 g/mol. The van der Waals surface area contributed by atoms with Gasteiger partial charge in [-0.2, -0.15) is 0 Å². The summed E-state index contributed by atoms with van der Waals surface area (Å²) in [6.45, 7) is 12.4. The third kappa shape index (κ3) is 4.97. The van der Waals surface area contributed by atoms with Gasteiger partial charge in [-0.1, -0.05) is 162 Å². The van der Waals surface area contributed by atoms with E-state index in [4.69, 9.17) is 0 Å². The van der Waals surface area contributed by atoms with E-state index < -0.39 is 0 Å². The summed E-state index contributed by atoms with van der Waals surface area (Å²) in [6.07, 6.45) is 4.91. The van der Waals surface area contributed by atoms with Gasteiger partial charge in [-0.05, 0) is 123 Å². The summed E-state index contributed by atoms with van der Waals surface area (Å²) in [5.74, 6) is 0. The molecule has 4 aliphatic rings. The molecular formula is C54H49BN2. The monoisotopic (exact) mass is 736 g/mol. The Bertz CT molecular complexity index is 2700. The lowest BCUT2D eigenvalue weighted by Gasteiger charge is -2.53. The van der Waals surface area contributed by atoms with Crippen molar-refractivity contribution in [3.63, 3.8) is 0 Å². The van der Waals surface area contributed by atoms with E-state index in [0.717, 1.165) is 0 Å². The van der Waals surface area contributed by atoms with E-state index in [1.165, 1.54) is 109 Å². The molecule has 0 N–H and O–H groups in total. The fourth-order valence-corrected chi connectivity index (χ4v) is 11.1. The van der Waals surface area contributed by atoms with Crippen molar-refractivity contribution < 1.29 is 0 Å². The number of rotatable bonds is 4. The molecule has 7 aromatic carbocycles. The zero-order valence-electron chi connectivity index (χ0n) is 33.8. The summed E-state index contributed by atoms with van der Waals surface area (Å²) >= 11 is 0. The van der Waals surface area contributed by atoms with Crippen molar-refractivity contribution in [2.45, 2.75) is 76.7 Å². The van der Waals surface area contributed by atoms with Gasteiger partial charge in [0.1, 0.15) is 0 Å². The highest BCUT2D eigenvalue weighted by Crippen LogP contribution is 2.62. The van der Waals surface area contributed by atoms with E-state index in [1.807, 2.05) is 0 Å². The van der Waals surface area contributed by atoms with Gasteiger partial charge in [0.05, 0.1) is 5.54 Å². The smallest absolute Gasteiger partial charge is 0.333 e. The van der Waals surface area contributed by atoms with Gasteiger partial charge in [-0.3, -0.25) is 0 Å². The molecule has 2 unspecified atom stereocenters. The van der Waals surface area contributed by atoms with Crippen LogP contribution in [0.15, 0.2) is 158 Å². The van der Waals surface area contributed by atoms with Crippen LogP contribution in [0.2, 0.25) is 0 Å². The topological polar surface area (TPSA) is 6.48 Å². The standard InChI is InChI=1S/C54H49BN2/c1-52(2,3)42-34-46-51-47(35-42)55-50-45(32-41(38-21-13-8-14-22-38)33-49(50)56(51)54(5)30-16-15-29-53(46,54)4)44-31-40(37-19-11-7-12-20-37)25-28-48(44)57(55)43-26-23-39(24-27-43)36-17-9-6-10-18-36/h6-14,17-28,31-35H,15-16,29-30H2,1-5H3. The summed E-state index contributed by atoms with van der Waals surface area (Å²) in [4.78, 5) is 5.56. The highest BCUT2D eigenvalue weighted by molar-refractivity contribution is 6.93. The minimum atomic E-state index is -0.0543. The van der Waals surface area contributed by atoms with Gasteiger partial charge in [0.2, 0.25) is 0 Å². The Labute approximate surface area is 338 Å². The van der Waals surface area contributed by atoms with E-state index in [2.05, 4.69) is 202 Å². The van der Waals surface area contributed by atoms with Gasteiger partial charge in [0, 0.05) is 33.7 Å². The normalized spacial score (nSPS) is 20.1. The van der Waals surface area contributed by atoms with Crippen molar-refractivity contribution in [2.24, 2.45) is 0 Å². The second-order valence-corrected chi connectivity index (χ2v) is 18.5. The van der Waals surface area contributed by atoms with E-state index in [1.54, 1.807) is 5.56 Å². The zero-order chi connectivity index (χ0) is 38.7. The maximum Gasteiger partial charge on any atom is 0.333 e. The predicted octanol–water partition coefficient (Wildman–Crippen LogP) is 13.0. The third-order valence-corrected chi connectivity index (χ3v) is 14.3. The number of fused-ring (bicyclic) bond motifs is 7. The fourth-order valence-electron chi connectivity index (χ4n) is 11.1. The van der Waals surface area contributed by atoms with Gasteiger partial charge < -0.3 is 9.71 Å². The highest BCUT2D eigenvalue weighted by atomic mass is 15.3. The van der Waals surface area contributed by atoms with Crippen LogP contribution in [-0.2, 0) is 10.8 Å². The largest absolute Gasteiger partial charge is 0.376 e. The van der Waals surface area contributed by atoms with Crippen LogP contribution >= 0.6 is 0 Å². The summed E-state index contributed by atoms with van der Waals surface area (Å²) in [7, 11) is 0. The van der Waals surface area contributed by atoms with Crippen molar-refractivity contribution in [3.05, 3.63) is 169 Å². The fraction of sp³-hybridized carbons (Fsp3) is 0.222. The molecule has 3 heterocycles. The van der Waals surface area contributed by atoms with Gasteiger partial charge in [0.15, 0.2) is 0 Å². The minimum absolute atomic E-state index is 0.0000266. The molecule has 0 amide bonds. The first-order valence-corrected chi connectivity index (χ1v) is 21.0. The number of hydrogen-bond acceptors (Lipinski definition) is 2. The van der Waals surface area contributed by atoms with E-state index >= 15 is 0 Å². The predicted molar refractivity (Wildman–Crippen MR) is 243 cm³/mol. The second kappa shape index (κ2) is 12.4. The van der Waals surface area contributed by atoms with Crippen LogP contribution in [0.5, 0.6) is 0 Å². The van der Waals surface area contributed by atoms with Crippen molar-refractivity contribution >= 4 is 40.5 Å². The number of anilines is 4. The van der Waals surface area contributed by atoms with Gasteiger partial charge in [-0.25, -0.2) is 0 Å². The Morgan fingerprint density at radius 2 is 1.09 bits per heavy atom. The molecule has 2 nitrogen and oxygen atoms in total. The van der Waals surface area contributed by atoms with Gasteiger partial charge >= 0.3 is 6.85 Å². The zero-order valence-corrected chi connectivity index (χ0v) is 33.8. The maximum atomic E-state index is 2.87. The molecule has 278 valence electrons. The summed E-state index contributed by atoms with van der Waals surface area (Å²) in [5, 5.41) is 0. The first-order valence-electron chi connectivity index (χ1n) is 21.0. The second-order valence-electron chi connectivity index (χ2n) is 18.5. The summed E-state index contributed by atoms with van der Waals surface area (Å²) < 4.78 is 0. The highest BCUT2D eigenvalue weighted by Gasteiger charge is 2.62. The van der Waals surface area contributed by atoms with E-state index in [9.17, 15) is 0 Å². The molecule has 0 aromatic heterocycles. The molecule has 0 bridgehead atoms. The van der Waals surface area contributed by atoms with Crippen LogP contribution < -0.4 is 20.6 Å². The molecule has 1 saturated carbocycles. The number of nitrogens with zero attached hydrogens (tertiary/aromatic N) is 2. The molecule has 1 fully saturated rings. The van der Waals surface area contributed by atoms with Crippen molar-refractivity contribution in [1.82, 2.24) is 0 Å². The molecule has 7 aromatic rings. The molecule has 0 radical (unpaired) electrons. The molecule has 11 rings (SSSR count). The summed E-state index contributed by atoms with van der Waals surface area (Å²) in [5.41, 5.74) is 21.3. The number of benzene rings is 7. The molecule has 0 saturated heterocycles. The average Bonchev–Trinajstić information content (AvgIpc) is 3.46. The maximum absolute atomic E-state index is 2.87. The molecule has 57 heavy (non-hydrogen) atoms. The quantitative estimate of drug-likeness (QED) is 0.166. The van der Waals surface area contributed by atoms with Crippen LogP contribution in [0.3, 0.4) is 0 Å². The molecule has 1 aliphatic carbocycles. The van der Waals surface area contributed by atoms with Crippen molar-refractivity contribution in [3.8, 4) is 44.5 Å². The van der Waals surface area contributed by atoms with E-state index in [-0.39, 0.29) is 23.2 Å². The first-order chi connectivity index (χ1) is 27.6. The Morgan fingerprint density at radius 1 is 0.526 bits per heavy atom. The van der Waals surface area contributed by atoms with Crippen LogP contribution in [0.4, 0.5) is 22.7 Å². The Kier molecular flexibility index (Phi) is 7.47. The lowest BCUT2D eigenvalue weighted by Crippen LogP contribution is -2.64. The van der Waals surface area contributed by atoms with Crippen LogP contribution in [0.1, 0.15) is 71.4 Å². The molecule has 3 heteroatoms. The minimum Gasteiger partial charge on any atom is -0.376 e. The molecule has 2 atom stereocenters. The molecular weight excluding hydrogens is 687 g/mol. The van der Waals surface area contributed by atoms with Crippen LogP contribution in [-0.4, -0.2) is 12.4 Å². The Morgan fingerprint density at radius 3 is 1.74 bits per heavy atom. The van der Waals surface area contributed by atoms with E-state index in [0.29, 0.717) is 0 Å². The Hall–Kier alpha value is -5.80. The van der Waals surface area contributed by atoms with Crippen molar-refractivity contribution in [1.29, 1.82) is 0 Å². The van der Waals surface area contributed by atoms with Gasteiger partial charge in [0.25, 0.3) is 0 Å². The lowest BCUT2D eigenvalue weighted by atomic mass is 9.43. The van der Waals surface area contributed by atoms with Crippen LogP contribution in [0.25, 0.3) is 44.5 Å². The molecule has 0 spiro atoms. The van der Waals surface area contributed by atoms with Crippen LogP contribution in [0, 0.1) is 0 Å². The lowest BCUT2D eigenvalue weighted by molar-refractivity contribution is 0.195. The first kappa shape index (κ1) is 34.5. The van der Waals surface area contributed by atoms with Gasteiger partial charge in [-0.15, -0.1) is 0 Å². The SMILES string of the molecule is CC(C)(C)c1cc2c3c(c1)C1(C)CCCCC1(C)N3c1cc(-c3ccccc3)cc3c1B2N(c1ccc(-c2ccccc2)cc1)c1ccc(-c2ccccc2)cc1-3.